The molecular weight excluding hydrogens is 464 g/mol. The van der Waals surface area contributed by atoms with E-state index in [1.165, 1.54) is 19.1 Å². The summed E-state index contributed by atoms with van der Waals surface area (Å²) in [5.41, 5.74) is -0.256. The molecule has 0 aliphatic rings. The first-order valence-electron chi connectivity index (χ1n) is 12.0. The second kappa shape index (κ2) is 13.5. The Morgan fingerprint density at radius 1 is 0.944 bits per heavy atom. The van der Waals surface area contributed by atoms with Crippen LogP contribution in [0.3, 0.4) is 0 Å². The minimum Gasteiger partial charge on any atom is -0.469 e. The summed E-state index contributed by atoms with van der Waals surface area (Å²) in [4.78, 5) is 51.4. The maximum atomic E-state index is 13.6. The van der Waals surface area contributed by atoms with Gasteiger partial charge in [-0.15, -0.1) is 0 Å². The number of amides is 2. The van der Waals surface area contributed by atoms with Gasteiger partial charge in [0.15, 0.2) is 0 Å². The summed E-state index contributed by atoms with van der Waals surface area (Å²) in [7, 11) is 2.59. The molecule has 0 aliphatic heterocycles. The van der Waals surface area contributed by atoms with Crippen molar-refractivity contribution in [3.05, 3.63) is 48.0 Å². The van der Waals surface area contributed by atoms with Gasteiger partial charge in [-0.25, -0.2) is 9.59 Å². The molecule has 2 amide bonds. The number of hydrogen-bond donors (Lipinski definition) is 1. The number of methoxy groups -OCH3 is 2. The molecule has 0 saturated heterocycles. The molecule has 2 aromatic carbocycles. The van der Waals surface area contributed by atoms with Crippen molar-refractivity contribution in [2.75, 3.05) is 27.3 Å². The second-order valence-electron chi connectivity index (χ2n) is 9.35. The summed E-state index contributed by atoms with van der Waals surface area (Å²) in [6.45, 7) is 5.39. The van der Waals surface area contributed by atoms with Crippen LogP contribution in [0, 0.1) is 0 Å². The van der Waals surface area contributed by atoms with E-state index in [9.17, 15) is 19.2 Å². The number of nitrogens with zero attached hydrogens (tertiary/aromatic N) is 1. The van der Waals surface area contributed by atoms with Crippen LogP contribution in [0.4, 0.5) is 4.79 Å². The quantitative estimate of drug-likeness (QED) is 0.281. The van der Waals surface area contributed by atoms with Crippen LogP contribution in [-0.2, 0) is 23.8 Å². The lowest BCUT2D eigenvalue weighted by Gasteiger charge is -2.30. The number of carbonyl (C=O) groups excluding carboxylic acids is 4. The molecule has 1 N–H and O–H groups in total. The van der Waals surface area contributed by atoms with Crippen molar-refractivity contribution < 1.29 is 33.4 Å². The summed E-state index contributed by atoms with van der Waals surface area (Å²) in [6, 6.07) is 12.1. The monoisotopic (exact) mass is 500 g/mol. The molecule has 1 atom stereocenters. The molecule has 0 bridgehead atoms. The molecule has 0 radical (unpaired) electrons. The van der Waals surface area contributed by atoms with Gasteiger partial charge in [0.25, 0.3) is 5.91 Å². The van der Waals surface area contributed by atoms with Gasteiger partial charge in [0.1, 0.15) is 11.6 Å². The van der Waals surface area contributed by atoms with Crippen LogP contribution in [0.1, 0.15) is 56.8 Å². The Balaban J connectivity index is 2.25. The third-order valence-electron chi connectivity index (χ3n) is 5.46. The first-order valence-corrected chi connectivity index (χ1v) is 12.0. The number of hydrogen-bond acceptors (Lipinski definition) is 7. The van der Waals surface area contributed by atoms with Crippen molar-refractivity contribution >= 4 is 34.7 Å². The van der Waals surface area contributed by atoms with Gasteiger partial charge >= 0.3 is 18.0 Å². The van der Waals surface area contributed by atoms with Gasteiger partial charge in [-0.05, 0) is 56.5 Å². The van der Waals surface area contributed by atoms with E-state index in [0.29, 0.717) is 18.4 Å². The number of alkyl carbamates (subject to hydrolysis) is 1. The molecule has 9 nitrogen and oxygen atoms in total. The average molecular weight is 501 g/mol. The molecule has 2 rings (SSSR count). The van der Waals surface area contributed by atoms with Crippen molar-refractivity contribution in [1.29, 1.82) is 0 Å². The van der Waals surface area contributed by atoms with E-state index < -0.39 is 23.7 Å². The highest BCUT2D eigenvalue weighted by atomic mass is 16.6. The van der Waals surface area contributed by atoms with Gasteiger partial charge in [-0.3, -0.25) is 9.59 Å². The van der Waals surface area contributed by atoms with E-state index in [0.717, 1.165) is 10.8 Å². The summed E-state index contributed by atoms with van der Waals surface area (Å²) in [6.07, 6.45) is 0.872. The highest BCUT2D eigenvalue weighted by molar-refractivity contribution is 6.00. The van der Waals surface area contributed by atoms with E-state index >= 15 is 0 Å². The number of nitrogens with one attached hydrogen (secondary N) is 1. The minimum atomic E-state index is -0.896. The Kier molecular flexibility index (Phi) is 10.7. The van der Waals surface area contributed by atoms with Crippen LogP contribution in [-0.4, -0.2) is 67.8 Å². The van der Waals surface area contributed by atoms with Crippen LogP contribution in [0.5, 0.6) is 0 Å². The Labute approximate surface area is 212 Å². The van der Waals surface area contributed by atoms with E-state index in [1.807, 2.05) is 30.3 Å². The Morgan fingerprint density at radius 2 is 1.64 bits per heavy atom. The van der Waals surface area contributed by atoms with Crippen molar-refractivity contribution in [1.82, 2.24) is 10.2 Å². The van der Waals surface area contributed by atoms with E-state index in [4.69, 9.17) is 9.47 Å². The summed E-state index contributed by atoms with van der Waals surface area (Å²) < 4.78 is 14.9. The van der Waals surface area contributed by atoms with Gasteiger partial charge in [-0.2, -0.15) is 0 Å². The number of benzene rings is 2. The van der Waals surface area contributed by atoms with Gasteiger partial charge in [0.2, 0.25) is 0 Å². The van der Waals surface area contributed by atoms with E-state index in [-0.39, 0.29) is 37.8 Å². The molecule has 196 valence electrons. The zero-order valence-corrected chi connectivity index (χ0v) is 21.7. The lowest BCUT2D eigenvalue weighted by molar-refractivity contribution is -0.146. The van der Waals surface area contributed by atoms with Crippen LogP contribution in [0.15, 0.2) is 42.5 Å². The van der Waals surface area contributed by atoms with Gasteiger partial charge < -0.3 is 24.4 Å². The van der Waals surface area contributed by atoms with E-state index in [2.05, 4.69) is 10.1 Å². The SMILES string of the molecule is COC(=O)CCCCC(C(=O)OC)N(CCNC(=O)OC(C)(C)C)C(=O)c1ccc2ccccc2c1. The van der Waals surface area contributed by atoms with E-state index in [1.54, 1.807) is 32.9 Å². The summed E-state index contributed by atoms with van der Waals surface area (Å²) >= 11 is 0. The molecule has 0 spiro atoms. The third-order valence-corrected chi connectivity index (χ3v) is 5.46. The molecule has 0 saturated carbocycles. The van der Waals surface area contributed by atoms with Gasteiger partial charge in [0, 0.05) is 25.1 Å². The molecule has 1 unspecified atom stereocenters. The topological polar surface area (TPSA) is 111 Å². The third kappa shape index (κ3) is 8.87. The average Bonchev–Trinajstić information content (AvgIpc) is 2.84. The molecule has 0 heterocycles. The van der Waals surface area contributed by atoms with Gasteiger partial charge in [0.05, 0.1) is 14.2 Å². The first kappa shape index (κ1) is 28.6. The fraction of sp³-hybridized carbons (Fsp3) is 0.481. The number of ether oxygens (including phenoxy) is 3. The van der Waals surface area contributed by atoms with Crippen LogP contribution in [0.25, 0.3) is 10.8 Å². The van der Waals surface area contributed by atoms with Crippen molar-refractivity contribution in [3.8, 4) is 0 Å². The maximum Gasteiger partial charge on any atom is 0.407 e. The molecular formula is C27H36N2O7. The normalized spacial score (nSPS) is 11.9. The Morgan fingerprint density at radius 3 is 2.28 bits per heavy atom. The zero-order valence-electron chi connectivity index (χ0n) is 21.7. The van der Waals surface area contributed by atoms with Crippen molar-refractivity contribution in [3.63, 3.8) is 0 Å². The zero-order chi connectivity index (χ0) is 26.7. The molecule has 36 heavy (non-hydrogen) atoms. The molecule has 0 fully saturated rings. The van der Waals surface area contributed by atoms with Gasteiger partial charge in [-0.1, -0.05) is 36.8 Å². The van der Waals surface area contributed by atoms with Crippen LogP contribution < -0.4 is 5.32 Å². The van der Waals surface area contributed by atoms with Crippen molar-refractivity contribution in [2.45, 2.75) is 58.1 Å². The number of carbonyl (C=O) groups is 4. The molecule has 2 aromatic rings. The number of esters is 2. The predicted octanol–water partition coefficient (Wildman–Crippen LogP) is 4.08. The highest BCUT2D eigenvalue weighted by Crippen LogP contribution is 2.20. The summed E-state index contributed by atoms with van der Waals surface area (Å²) in [5.74, 6) is -1.27. The summed E-state index contributed by atoms with van der Waals surface area (Å²) in [5, 5.41) is 4.52. The minimum absolute atomic E-state index is 0.0572. The van der Waals surface area contributed by atoms with Crippen LogP contribution >= 0.6 is 0 Å². The molecule has 0 aromatic heterocycles. The highest BCUT2D eigenvalue weighted by Gasteiger charge is 2.31. The molecule has 9 heteroatoms. The smallest absolute Gasteiger partial charge is 0.407 e. The predicted molar refractivity (Wildman–Crippen MR) is 136 cm³/mol. The lowest BCUT2D eigenvalue weighted by atomic mass is 10.0. The number of fused-ring (bicyclic) bond motifs is 1. The van der Waals surface area contributed by atoms with Crippen molar-refractivity contribution in [2.24, 2.45) is 0 Å². The fourth-order valence-corrected chi connectivity index (χ4v) is 3.73. The Hall–Kier alpha value is -3.62. The lowest BCUT2D eigenvalue weighted by Crippen LogP contribution is -2.49. The largest absolute Gasteiger partial charge is 0.469 e. The van der Waals surface area contributed by atoms with Crippen LogP contribution in [0.2, 0.25) is 0 Å². The second-order valence-corrected chi connectivity index (χ2v) is 9.35. The molecule has 0 aliphatic carbocycles. The standard InChI is InChI=1S/C27H36N2O7/c1-27(2,3)36-26(33)28-16-17-29(22(25(32)35-5)12-8-9-13-23(30)34-4)24(31)21-15-14-19-10-6-7-11-20(19)18-21/h6-7,10-11,14-15,18,22H,8-9,12-13,16-17H2,1-5H3,(H,28,33). The number of rotatable bonds is 11. The number of unbranched alkanes of at least 4 members (excludes halogenated alkanes) is 1. The Bertz CT molecular complexity index is 1060. The maximum absolute atomic E-state index is 13.6. The fourth-order valence-electron chi connectivity index (χ4n) is 3.73. The first-order chi connectivity index (χ1) is 17.1.